The van der Waals surface area contributed by atoms with E-state index in [0.717, 1.165) is 10.6 Å². The zero-order valence-corrected chi connectivity index (χ0v) is 16.1. The Morgan fingerprint density at radius 3 is 2.43 bits per heavy atom. The van der Waals surface area contributed by atoms with Crippen molar-refractivity contribution >= 4 is 38.6 Å². The van der Waals surface area contributed by atoms with Crippen LogP contribution in [0.25, 0.3) is 0 Å². The summed E-state index contributed by atoms with van der Waals surface area (Å²) in [5.74, 6) is 0. The minimum absolute atomic E-state index is 0.0756. The number of nitrogen functional groups attached to an aromatic ring is 1. The number of halogens is 1. The zero-order valence-electron chi connectivity index (χ0n) is 13.7. The molecule has 0 radical (unpaired) electrons. The van der Waals surface area contributed by atoms with Crippen LogP contribution in [-0.4, -0.2) is 13.0 Å². The number of thiazole rings is 1. The molecule has 1 aromatic carbocycles. The van der Waals surface area contributed by atoms with Crippen molar-refractivity contribution in [3.8, 4) is 0 Å². The maximum Gasteiger partial charge on any atom is 0.287 e. The summed E-state index contributed by atoms with van der Waals surface area (Å²) in [6.45, 7) is 8.20. The van der Waals surface area contributed by atoms with Crippen LogP contribution >= 0.6 is 22.9 Å². The van der Waals surface area contributed by atoms with Gasteiger partial charge in [0.1, 0.15) is 4.90 Å². The summed E-state index contributed by atoms with van der Waals surface area (Å²) in [5, 5.41) is 0.301. The van der Waals surface area contributed by atoms with Crippen molar-refractivity contribution in [2.45, 2.75) is 38.0 Å². The van der Waals surface area contributed by atoms with Crippen LogP contribution < -0.4 is 10.5 Å². The first-order valence-electron chi connectivity index (χ1n) is 6.96. The molecule has 0 fully saturated rings. The predicted octanol–water partition coefficient (Wildman–Crippen LogP) is 3.22. The predicted molar refractivity (Wildman–Crippen MR) is 95.3 cm³/mol. The van der Waals surface area contributed by atoms with Gasteiger partial charge in [-0.1, -0.05) is 32.4 Å². The lowest BCUT2D eigenvalue weighted by Gasteiger charge is -2.17. The Labute approximate surface area is 145 Å². The highest BCUT2D eigenvalue weighted by Crippen LogP contribution is 2.28. The molecule has 0 amide bonds. The average molecular weight is 374 g/mol. The van der Waals surface area contributed by atoms with E-state index in [1.807, 2.05) is 6.92 Å². The third-order valence-electron chi connectivity index (χ3n) is 3.44. The van der Waals surface area contributed by atoms with Gasteiger partial charge in [0.15, 0.2) is 0 Å². The Bertz CT molecular complexity index is 919. The number of nitrogens with zero attached hydrogens (tertiary/aromatic N) is 2. The number of nitrogens with two attached hydrogens (primary N) is 1. The van der Waals surface area contributed by atoms with Crippen LogP contribution in [0.3, 0.4) is 0 Å². The fourth-order valence-electron chi connectivity index (χ4n) is 2.19. The Hall–Kier alpha value is -1.31. The molecule has 0 aliphatic rings. The maximum absolute atomic E-state index is 12.6. The van der Waals surface area contributed by atoms with Crippen molar-refractivity contribution in [3.05, 3.63) is 38.6 Å². The molecule has 0 saturated carbocycles. The Kier molecular flexibility index (Phi) is 4.67. The minimum atomic E-state index is -3.93. The molecule has 0 bridgehead atoms. The lowest BCUT2D eigenvalue weighted by Crippen LogP contribution is -2.15. The zero-order chi connectivity index (χ0) is 17.6. The lowest BCUT2D eigenvalue weighted by molar-refractivity contribution is 0.592. The Morgan fingerprint density at radius 2 is 1.91 bits per heavy atom. The van der Waals surface area contributed by atoms with Gasteiger partial charge in [-0.25, -0.2) is 0 Å². The van der Waals surface area contributed by atoms with Crippen LogP contribution in [0.4, 0.5) is 5.69 Å². The monoisotopic (exact) mass is 373 g/mol. The number of hydrogen-bond donors (Lipinski definition) is 1. The first kappa shape index (κ1) is 18.0. The van der Waals surface area contributed by atoms with Gasteiger partial charge in [-0.05, 0) is 30.5 Å². The molecule has 8 heteroatoms. The van der Waals surface area contributed by atoms with E-state index in [1.54, 1.807) is 17.7 Å². The standard InChI is InChI=1S/C15H20ClN3O2S2/c1-9-13(15(2,3)4)22-14(19(9)5)18-23(20,21)12-8-10(16)6-7-11(12)17/h6-8H,17H2,1-5H3/b18-14-. The molecule has 2 N–H and O–H groups in total. The van der Waals surface area contributed by atoms with E-state index in [1.165, 1.54) is 23.5 Å². The van der Waals surface area contributed by atoms with Gasteiger partial charge in [-0.2, -0.15) is 8.42 Å². The highest BCUT2D eigenvalue weighted by molar-refractivity contribution is 7.90. The molecule has 0 aliphatic heterocycles. The van der Waals surface area contributed by atoms with Crippen LogP contribution in [0.5, 0.6) is 0 Å². The Balaban J connectivity index is 2.69. The van der Waals surface area contributed by atoms with Gasteiger partial charge in [0.2, 0.25) is 4.80 Å². The van der Waals surface area contributed by atoms with E-state index in [0.29, 0.717) is 9.82 Å². The SMILES string of the molecule is Cc1c(C(C)(C)C)s/c(=N\S(=O)(=O)c2cc(Cl)ccc2N)n1C. The summed E-state index contributed by atoms with van der Waals surface area (Å²) in [6.07, 6.45) is 0. The molecular weight excluding hydrogens is 354 g/mol. The van der Waals surface area contributed by atoms with Crippen LogP contribution in [0.15, 0.2) is 27.5 Å². The molecule has 126 valence electrons. The maximum atomic E-state index is 12.6. The van der Waals surface area contributed by atoms with Crippen molar-refractivity contribution in [1.82, 2.24) is 4.57 Å². The van der Waals surface area contributed by atoms with Crippen molar-refractivity contribution < 1.29 is 8.42 Å². The van der Waals surface area contributed by atoms with Crippen LogP contribution in [0.1, 0.15) is 31.3 Å². The van der Waals surface area contributed by atoms with Crippen molar-refractivity contribution in [3.63, 3.8) is 0 Å². The first-order valence-corrected chi connectivity index (χ1v) is 9.60. The quantitative estimate of drug-likeness (QED) is 0.821. The van der Waals surface area contributed by atoms with E-state index < -0.39 is 10.0 Å². The molecule has 2 rings (SSSR count). The summed E-state index contributed by atoms with van der Waals surface area (Å²) in [7, 11) is -2.13. The second kappa shape index (κ2) is 5.96. The highest BCUT2D eigenvalue weighted by atomic mass is 35.5. The number of anilines is 1. The normalized spacial score (nSPS) is 13.6. The van der Waals surface area contributed by atoms with Gasteiger partial charge in [0.05, 0.1) is 5.69 Å². The van der Waals surface area contributed by atoms with E-state index in [2.05, 4.69) is 25.2 Å². The molecule has 0 atom stereocenters. The number of aromatic nitrogens is 1. The van der Waals surface area contributed by atoms with Gasteiger partial charge >= 0.3 is 0 Å². The first-order chi connectivity index (χ1) is 10.4. The van der Waals surface area contributed by atoms with Crippen LogP contribution in [0, 0.1) is 6.92 Å². The molecule has 0 unspecified atom stereocenters. The fraction of sp³-hybridized carbons (Fsp3) is 0.400. The van der Waals surface area contributed by atoms with E-state index in [-0.39, 0.29) is 16.0 Å². The second-order valence-corrected chi connectivity index (χ2v) is 9.34. The molecule has 1 heterocycles. The van der Waals surface area contributed by atoms with Gasteiger partial charge in [-0.15, -0.1) is 15.7 Å². The summed E-state index contributed by atoms with van der Waals surface area (Å²) in [5.41, 5.74) is 6.81. The molecule has 1 aromatic heterocycles. The number of benzene rings is 1. The summed E-state index contributed by atoms with van der Waals surface area (Å²) >= 11 is 7.25. The topological polar surface area (TPSA) is 77.4 Å². The lowest BCUT2D eigenvalue weighted by atomic mass is 9.93. The average Bonchev–Trinajstić information content (AvgIpc) is 2.69. The number of sulfonamides is 1. The number of rotatable bonds is 2. The summed E-state index contributed by atoms with van der Waals surface area (Å²) in [4.78, 5) is 1.42. The van der Waals surface area contributed by atoms with Gasteiger partial charge < -0.3 is 10.3 Å². The second-order valence-electron chi connectivity index (χ2n) is 6.36. The van der Waals surface area contributed by atoms with Crippen molar-refractivity contribution in [2.75, 3.05) is 5.73 Å². The van der Waals surface area contributed by atoms with Gasteiger partial charge in [-0.3, -0.25) is 0 Å². The van der Waals surface area contributed by atoms with Gasteiger partial charge in [0.25, 0.3) is 10.0 Å². The molecular formula is C15H20ClN3O2S2. The fourth-order valence-corrected chi connectivity index (χ4v) is 4.98. The molecule has 5 nitrogen and oxygen atoms in total. The summed E-state index contributed by atoms with van der Waals surface area (Å²) in [6, 6.07) is 4.33. The van der Waals surface area contributed by atoms with E-state index in [4.69, 9.17) is 17.3 Å². The van der Waals surface area contributed by atoms with Crippen LogP contribution in [-0.2, 0) is 22.5 Å². The van der Waals surface area contributed by atoms with Crippen molar-refractivity contribution in [1.29, 1.82) is 0 Å². The largest absolute Gasteiger partial charge is 0.398 e. The third-order valence-corrected chi connectivity index (χ3v) is 6.78. The molecule has 0 aliphatic carbocycles. The van der Waals surface area contributed by atoms with Crippen LogP contribution in [0.2, 0.25) is 5.02 Å². The highest BCUT2D eigenvalue weighted by Gasteiger charge is 2.23. The van der Waals surface area contributed by atoms with E-state index >= 15 is 0 Å². The minimum Gasteiger partial charge on any atom is -0.398 e. The van der Waals surface area contributed by atoms with E-state index in [9.17, 15) is 8.42 Å². The Morgan fingerprint density at radius 1 is 1.30 bits per heavy atom. The van der Waals surface area contributed by atoms with Crippen molar-refractivity contribution in [2.24, 2.45) is 11.4 Å². The molecule has 23 heavy (non-hydrogen) atoms. The number of hydrogen-bond acceptors (Lipinski definition) is 4. The molecule has 0 saturated heterocycles. The molecule has 0 spiro atoms. The third kappa shape index (κ3) is 3.62. The summed E-state index contributed by atoms with van der Waals surface area (Å²) < 4.78 is 30.9. The smallest absolute Gasteiger partial charge is 0.287 e. The molecule has 2 aromatic rings. The van der Waals surface area contributed by atoms with Gasteiger partial charge in [0, 0.05) is 22.6 Å².